The molecule has 0 aromatic heterocycles. The molecule has 1 atom stereocenters. The molecule has 1 aliphatic heterocycles. The predicted molar refractivity (Wildman–Crippen MR) is 105 cm³/mol. The Kier molecular flexibility index (Phi) is 6.59. The number of ether oxygens (including phenoxy) is 3. The minimum atomic E-state index is -0.915. The average Bonchev–Trinajstić information content (AvgIpc) is 3.21. The summed E-state index contributed by atoms with van der Waals surface area (Å²) >= 11 is 5.68. The van der Waals surface area contributed by atoms with E-state index in [0.29, 0.717) is 18.0 Å². The number of hydrogen-bond donors (Lipinski definition) is 0. The number of likely N-dealkylation sites (tertiary alicyclic amines) is 1. The zero-order valence-corrected chi connectivity index (χ0v) is 16.9. The van der Waals surface area contributed by atoms with Crippen LogP contribution < -0.4 is 9.47 Å². The first-order valence-corrected chi connectivity index (χ1v) is 9.46. The van der Waals surface area contributed by atoms with Crippen LogP contribution in [0.4, 0.5) is 4.39 Å². The molecule has 2 aromatic rings. The van der Waals surface area contributed by atoms with Crippen molar-refractivity contribution in [1.29, 1.82) is 0 Å². The Morgan fingerprint density at radius 3 is 2.66 bits per heavy atom. The second-order valence-electron chi connectivity index (χ2n) is 6.55. The Morgan fingerprint density at radius 1 is 1.17 bits per heavy atom. The maximum Gasteiger partial charge on any atom is 0.341 e. The summed E-state index contributed by atoms with van der Waals surface area (Å²) in [5.74, 6) is -0.766. The van der Waals surface area contributed by atoms with E-state index in [-0.39, 0.29) is 22.5 Å². The van der Waals surface area contributed by atoms with E-state index in [1.807, 2.05) is 6.07 Å². The number of benzene rings is 2. The van der Waals surface area contributed by atoms with Gasteiger partial charge in [-0.25, -0.2) is 9.18 Å². The minimum Gasteiger partial charge on any atom is -0.497 e. The molecule has 29 heavy (non-hydrogen) atoms. The van der Waals surface area contributed by atoms with Crippen LogP contribution in [0.3, 0.4) is 0 Å². The lowest BCUT2D eigenvalue weighted by molar-refractivity contribution is -0.135. The molecule has 6 nitrogen and oxygen atoms in total. The molecule has 0 aliphatic carbocycles. The largest absolute Gasteiger partial charge is 0.497 e. The highest BCUT2D eigenvalue weighted by molar-refractivity contribution is 6.30. The van der Waals surface area contributed by atoms with Crippen LogP contribution in [-0.2, 0) is 9.53 Å². The zero-order valence-electron chi connectivity index (χ0n) is 16.1. The number of rotatable bonds is 6. The Morgan fingerprint density at radius 2 is 1.97 bits per heavy atom. The molecule has 1 fully saturated rings. The molecule has 0 spiro atoms. The van der Waals surface area contributed by atoms with Gasteiger partial charge in [0.2, 0.25) is 0 Å². The fourth-order valence-corrected chi connectivity index (χ4v) is 3.59. The number of amides is 1. The van der Waals surface area contributed by atoms with Crippen molar-refractivity contribution >= 4 is 23.5 Å². The number of halogens is 2. The molecule has 154 valence electrons. The van der Waals surface area contributed by atoms with Gasteiger partial charge in [-0.05, 0) is 49.2 Å². The third-order valence-electron chi connectivity index (χ3n) is 4.85. The Balaban J connectivity index is 1.71. The van der Waals surface area contributed by atoms with Crippen molar-refractivity contribution in [3.8, 4) is 11.5 Å². The second-order valence-corrected chi connectivity index (χ2v) is 6.99. The molecule has 3 rings (SSSR count). The van der Waals surface area contributed by atoms with Crippen LogP contribution in [0, 0.1) is 5.82 Å². The van der Waals surface area contributed by atoms with Crippen LogP contribution in [0.1, 0.15) is 34.8 Å². The quantitative estimate of drug-likeness (QED) is 0.659. The highest BCUT2D eigenvalue weighted by atomic mass is 35.5. The highest BCUT2D eigenvalue weighted by Crippen LogP contribution is 2.38. The van der Waals surface area contributed by atoms with Crippen LogP contribution in [0.15, 0.2) is 36.4 Å². The third kappa shape index (κ3) is 4.62. The standard InChI is InChI=1S/C21H21ClFNO5/c1-27-14-6-8-19(28-2)16(11-14)18-4-3-9-24(18)20(25)12-29-21(26)15-7-5-13(22)10-17(15)23/h5-8,10-11,18H,3-4,9,12H2,1-2H3. The van der Waals surface area contributed by atoms with E-state index in [1.54, 1.807) is 31.3 Å². The summed E-state index contributed by atoms with van der Waals surface area (Å²) in [6.45, 7) is 0.0421. The first-order chi connectivity index (χ1) is 13.9. The van der Waals surface area contributed by atoms with Crippen molar-refractivity contribution in [2.75, 3.05) is 27.4 Å². The maximum absolute atomic E-state index is 13.9. The van der Waals surface area contributed by atoms with E-state index in [1.165, 1.54) is 12.1 Å². The van der Waals surface area contributed by atoms with Gasteiger partial charge in [0.15, 0.2) is 6.61 Å². The molecule has 1 amide bonds. The predicted octanol–water partition coefficient (Wildman–Crippen LogP) is 4.02. The average molecular weight is 422 g/mol. The molecule has 0 bridgehead atoms. The van der Waals surface area contributed by atoms with Crippen LogP contribution in [0.25, 0.3) is 0 Å². The lowest BCUT2D eigenvalue weighted by atomic mass is 10.0. The monoisotopic (exact) mass is 421 g/mol. The number of carbonyl (C=O) groups excluding carboxylic acids is 2. The van der Waals surface area contributed by atoms with E-state index >= 15 is 0 Å². The topological polar surface area (TPSA) is 65.1 Å². The molecule has 8 heteroatoms. The maximum atomic E-state index is 13.9. The molecule has 1 saturated heterocycles. The Hall–Kier alpha value is -2.80. The van der Waals surface area contributed by atoms with Crippen LogP contribution >= 0.6 is 11.6 Å². The van der Waals surface area contributed by atoms with Crippen molar-refractivity contribution in [2.24, 2.45) is 0 Å². The SMILES string of the molecule is COc1ccc(OC)c(C2CCCN2C(=O)COC(=O)c2ccc(Cl)cc2F)c1. The smallest absolute Gasteiger partial charge is 0.341 e. The molecule has 1 aliphatic rings. The fourth-order valence-electron chi connectivity index (χ4n) is 3.43. The molecule has 1 unspecified atom stereocenters. The number of carbonyl (C=O) groups is 2. The van der Waals surface area contributed by atoms with Gasteiger partial charge < -0.3 is 19.1 Å². The molecule has 0 radical (unpaired) electrons. The van der Waals surface area contributed by atoms with Gasteiger partial charge in [-0.15, -0.1) is 0 Å². The van der Waals surface area contributed by atoms with Crippen molar-refractivity contribution in [2.45, 2.75) is 18.9 Å². The minimum absolute atomic E-state index is 0.169. The summed E-state index contributed by atoms with van der Waals surface area (Å²) in [5, 5.41) is 0.169. The van der Waals surface area contributed by atoms with E-state index in [2.05, 4.69) is 0 Å². The summed E-state index contributed by atoms with van der Waals surface area (Å²) in [4.78, 5) is 26.5. The Bertz CT molecular complexity index is 920. The van der Waals surface area contributed by atoms with Gasteiger partial charge in [-0.2, -0.15) is 0 Å². The van der Waals surface area contributed by atoms with Crippen LogP contribution in [-0.4, -0.2) is 44.1 Å². The van der Waals surface area contributed by atoms with Gasteiger partial charge in [0.25, 0.3) is 5.91 Å². The lowest BCUT2D eigenvalue weighted by Crippen LogP contribution is -2.34. The summed E-state index contributed by atoms with van der Waals surface area (Å²) in [6.07, 6.45) is 1.55. The second kappa shape index (κ2) is 9.13. The normalized spacial score (nSPS) is 15.9. The van der Waals surface area contributed by atoms with E-state index in [9.17, 15) is 14.0 Å². The molecule has 2 aromatic carbocycles. The number of hydrogen-bond acceptors (Lipinski definition) is 5. The van der Waals surface area contributed by atoms with Gasteiger partial charge in [0.1, 0.15) is 17.3 Å². The van der Waals surface area contributed by atoms with Gasteiger partial charge >= 0.3 is 5.97 Å². The van der Waals surface area contributed by atoms with E-state index in [0.717, 1.165) is 24.5 Å². The third-order valence-corrected chi connectivity index (χ3v) is 5.08. The number of methoxy groups -OCH3 is 2. The van der Waals surface area contributed by atoms with E-state index in [4.69, 9.17) is 25.8 Å². The van der Waals surface area contributed by atoms with Gasteiger partial charge in [-0.1, -0.05) is 11.6 Å². The van der Waals surface area contributed by atoms with Gasteiger partial charge in [0.05, 0.1) is 25.8 Å². The van der Waals surface area contributed by atoms with Crippen LogP contribution in [0.2, 0.25) is 5.02 Å². The first kappa shape index (κ1) is 20.9. The van der Waals surface area contributed by atoms with E-state index < -0.39 is 18.4 Å². The summed E-state index contributed by atoms with van der Waals surface area (Å²) < 4.78 is 29.6. The van der Waals surface area contributed by atoms with Crippen molar-refractivity contribution in [3.63, 3.8) is 0 Å². The molecule has 0 N–H and O–H groups in total. The van der Waals surface area contributed by atoms with Crippen LogP contribution in [0.5, 0.6) is 11.5 Å². The Labute approximate surface area is 173 Å². The molecule has 0 saturated carbocycles. The molecular formula is C21H21ClFNO5. The summed E-state index contributed by atoms with van der Waals surface area (Å²) in [5.41, 5.74) is 0.558. The number of nitrogens with zero attached hydrogens (tertiary/aromatic N) is 1. The van der Waals surface area contributed by atoms with Crippen molar-refractivity contribution in [3.05, 3.63) is 58.4 Å². The zero-order chi connectivity index (χ0) is 21.0. The first-order valence-electron chi connectivity index (χ1n) is 9.08. The lowest BCUT2D eigenvalue weighted by Gasteiger charge is -2.26. The number of esters is 1. The van der Waals surface area contributed by atoms with Gasteiger partial charge in [0, 0.05) is 17.1 Å². The van der Waals surface area contributed by atoms with Crippen molar-refractivity contribution < 1.29 is 28.2 Å². The fraction of sp³-hybridized carbons (Fsp3) is 0.333. The van der Waals surface area contributed by atoms with Crippen molar-refractivity contribution in [1.82, 2.24) is 4.90 Å². The van der Waals surface area contributed by atoms with Gasteiger partial charge in [-0.3, -0.25) is 4.79 Å². The highest BCUT2D eigenvalue weighted by Gasteiger charge is 2.32. The summed E-state index contributed by atoms with van der Waals surface area (Å²) in [7, 11) is 3.13. The molecular weight excluding hydrogens is 401 g/mol. The summed E-state index contributed by atoms with van der Waals surface area (Å²) in [6, 6.07) is 8.82. The molecule has 1 heterocycles.